The number of ether oxygens (including phenoxy) is 2. The molecule has 1 fully saturated rings. The van der Waals surface area contributed by atoms with Gasteiger partial charge < -0.3 is 9.47 Å². The normalized spacial score (nSPS) is 21.2. The van der Waals surface area contributed by atoms with Crippen LogP contribution in [0.25, 0.3) is 0 Å². The summed E-state index contributed by atoms with van der Waals surface area (Å²) in [6.45, 7) is -0.0608. The average Bonchev–Trinajstić information content (AvgIpc) is 2.73. The number of methoxy groups -OCH3 is 1. The fraction of sp³-hybridized carbons (Fsp3) is 0.583. The van der Waals surface area contributed by atoms with E-state index in [1.807, 2.05) is 0 Å². The van der Waals surface area contributed by atoms with E-state index in [4.69, 9.17) is 9.47 Å². The molecular formula is C12H16F2N2O4S. The lowest BCUT2D eigenvalue weighted by Gasteiger charge is -2.18. The second kappa shape index (κ2) is 6.63. The largest absolute Gasteiger partial charge is 0.495 e. The summed E-state index contributed by atoms with van der Waals surface area (Å²) in [6, 6.07) is 2.81. The van der Waals surface area contributed by atoms with Crippen LogP contribution in [0.15, 0.2) is 23.4 Å². The topological polar surface area (TPSA) is 68.7 Å². The minimum absolute atomic E-state index is 0.0228. The van der Waals surface area contributed by atoms with Gasteiger partial charge in [0, 0.05) is 13.1 Å². The van der Waals surface area contributed by atoms with Gasteiger partial charge in [-0.3, -0.25) is 0 Å². The molecule has 0 saturated carbocycles. The molecule has 1 aliphatic heterocycles. The van der Waals surface area contributed by atoms with E-state index in [1.165, 1.54) is 25.4 Å². The Balaban J connectivity index is 2.15. The quantitative estimate of drug-likeness (QED) is 0.831. The van der Waals surface area contributed by atoms with Crippen molar-refractivity contribution in [1.82, 2.24) is 9.29 Å². The Morgan fingerprint density at radius 3 is 2.76 bits per heavy atom. The second-order valence-corrected chi connectivity index (χ2v) is 6.36. The molecular weight excluding hydrogens is 306 g/mol. The summed E-state index contributed by atoms with van der Waals surface area (Å²) in [5.41, 5.74) is 0. The predicted molar refractivity (Wildman–Crippen MR) is 69.9 cm³/mol. The molecule has 0 aromatic carbocycles. The molecule has 0 bridgehead atoms. The van der Waals surface area contributed by atoms with Gasteiger partial charge in [0.05, 0.1) is 19.9 Å². The first-order valence-electron chi connectivity index (χ1n) is 6.35. The molecule has 118 valence electrons. The molecule has 9 heteroatoms. The van der Waals surface area contributed by atoms with E-state index < -0.39 is 22.6 Å². The summed E-state index contributed by atoms with van der Waals surface area (Å²) in [4.78, 5) is 3.84. The summed E-state index contributed by atoms with van der Waals surface area (Å²) in [7, 11) is -2.37. The molecule has 1 aromatic heterocycles. The highest BCUT2D eigenvalue weighted by Gasteiger charge is 2.31. The summed E-state index contributed by atoms with van der Waals surface area (Å²) < 4.78 is 61.0. The number of pyridine rings is 1. The van der Waals surface area contributed by atoms with E-state index >= 15 is 0 Å². The number of aromatic nitrogens is 1. The molecule has 0 spiro atoms. The van der Waals surface area contributed by atoms with Crippen molar-refractivity contribution in [3.05, 3.63) is 18.3 Å². The Bertz CT molecular complexity index is 565. The van der Waals surface area contributed by atoms with Crippen LogP contribution in [0, 0.1) is 0 Å². The lowest BCUT2D eigenvalue weighted by atomic mass is 10.2. The molecule has 21 heavy (non-hydrogen) atoms. The maximum Gasteiger partial charge on any atom is 0.264 e. The average molecular weight is 322 g/mol. The highest BCUT2D eigenvalue weighted by atomic mass is 32.2. The van der Waals surface area contributed by atoms with E-state index in [2.05, 4.69) is 4.98 Å². The van der Waals surface area contributed by atoms with E-state index in [0.29, 0.717) is 5.75 Å². The number of hydrogen-bond acceptors (Lipinski definition) is 5. The van der Waals surface area contributed by atoms with Crippen LogP contribution in [0.5, 0.6) is 5.75 Å². The second-order valence-electron chi connectivity index (χ2n) is 4.47. The Kier molecular flexibility index (Phi) is 5.07. The number of rotatable bonds is 4. The smallest absolute Gasteiger partial charge is 0.264 e. The molecule has 1 atom stereocenters. The maximum absolute atomic E-state index is 12.6. The van der Waals surface area contributed by atoms with Gasteiger partial charge in [0.2, 0.25) is 0 Å². The van der Waals surface area contributed by atoms with E-state index in [9.17, 15) is 17.2 Å². The van der Waals surface area contributed by atoms with Crippen LogP contribution in [0.1, 0.15) is 6.42 Å². The van der Waals surface area contributed by atoms with Gasteiger partial charge in [0.15, 0.2) is 5.03 Å². The van der Waals surface area contributed by atoms with Gasteiger partial charge >= 0.3 is 0 Å². The standard InChI is InChI=1S/C12H16F2N2O4S/c1-19-9-2-3-11(15-8-9)21(17,18)16-5-4-10(12(13)14)20-7-6-16/h2-3,8,10,12H,4-7H2,1H3. The molecule has 1 aliphatic rings. The van der Waals surface area contributed by atoms with E-state index in [-0.39, 0.29) is 31.1 Å². The van der Waals surface area contributed by atoms with Crippen LogP contribution in [-0.2, 0) is 14.8 Å². The predicted octanol–water partition coefficient (Wildman–Crippen LogP) is 1.13. The zero-order chi connectivity index (χ0) is 15.5. The summed E-state index contributed by atoms with van der Waals surface area (Å²) in [6.07, 6.45) is -2.60. The van der Waals surface area contributed by atoms with E-state index in [1.54, 1.807) is 0 Å². The van der Waals surface area contributed by atoms with Gasteiger partial charge in [-0.25, -0.2) is 22.2 Å². The Labute approximate surface area is 121 Å². The van der Waals surface area contributed by atoms with Crippen molar-refractivity contribution in [3.8, 4) is 5.75 Å². The molecule has 1 unspecified atom stereocenters. The third-order valence-electron chi connectivity index (χ3n) is 3.17. The lowest BCUT2D eigenvalue weighted by Crippen LogP contribution is -2.34. The van der Waals surface area contributed by atoms with Gasteiger partial charge in [0.1, 0.15) is 11.9 Å². The molecule has 1 saturated heterocycles. The molecule has 1 aromatic rings. The number of sulfonamides is 1. The summed E-state index contributed by atoms with van der Waals surface area (Å²) >= 11 is 0. The lowest BCUT2D eigenvalue weighted by molar-refractivity contribution is -0.0495. The number of alkyl halides is 2. The van der Waals surface area contributed by atoms with Crippen molar-refractivity contribution < 1.29 is 26.7 Å². The first kappa shape index (κ1) is 16.1. The summed E-state index contributed by atoms with van der Waals surface area (Å²) in [5, 5.41) is -0.140. The van der Waals surface area contributed by atoms with Crippen LogP contribution >= 0.6 is 0 Å². The van der Waals surface area contributed by atoms with Crippen molar-refractivity contribution >= 4 is 10.0 Å². The molecule has 0 aliphatic carbocycles. The third-order valence-corrected chi connectivity index (χ3v) is 4.98. The maximum atomic E-state index is 12.6. The van der Waals surface area contributed by atoms with Gasteiger partial charge in [0.25, 0.3) is 16.4 Å². The fourth-order valence-electron chi connectivity index (χ4n) is 1.98. The minimum atomic E-state index is -3.82. The van der Waals surface area contributed by atoms with Crippen molar-refractivity contribution in [3.63, 3.8) is 0 Å². The van der Waals surface area contributed by atoms with Gasteiger partial charge in [-0.2, -0.15) is 4.31 Å². The van der Waals surface area contributed by atoms with Crippen molar-refractivity contribution in [2.45, 2.75) is 24.0 Å². The Morgan fingerprint density at radius 2 is 2.19 bits per heavy atom. The monoisotopic (exact) mass is 322 g/mol. The Morgan fingerprint density at radius 1 is 1.43 bits per heavy atom. The zero-order valence-corrected chi connectivity index (χ0v) is 12.2. The highest BCUT2D eigenvalue weighted by molar-refractivity contribution is 7.89. The van der Waals surface area contributed by atoms with Crippen molar-refractivity contribution in [2.24, 2.45) is 0 Å². The van der Waals surface area contributed by atoms with Gasteiger partial charge in [-0.15, -0.1) is 0 Å². The fourth-order valence-corrected chi connectivity index (χ4v) is 3.33. The first-order chi connectivity index (χ1) is 9.95. The number of nitrogens with zero attached hydrogens (tertiary/aromatic N) is 2. The van der Waals surface area contributed by atoms with Crippen LogP contribution in [-0.4, -0.2) is 57.0 Å². The molecule has 0 N–H and O–H groups in total. The molecule has 2 heterocycles. The van der Waals surface area contributed by atoms with Crippen LogP contribution in [0.2, 0.25) is 0 Å². The molecule has 2 rings (SSSR count). The van der Waals surface area contributed by atoms with Crippen molar-refractivity contribution in [2.75, 3.05) is 26.8 Å². The molecule has 0 amide bonds. The number of halogens is 2. The van der Waals surface area contributed by atoms with Crippen LogP contribution < -0.4 is 4.74 Å². The van der Waals surface area contributed by atoms with Crippen molar-refractivity contribution in [1.29, 1.82) is 0 Å². The Hall–Kier alpha value is -1.32. The van der Waals surface area contributed by atoms with Gasteiger partial charge in [-0.05, 0) is 18.6 Å². The van der Waals surface area contributed by atoms with E-state index in [0.717, 1.165) is 4.31 Å². The third kappa shape index (κ3) is 3.66. The zero-order valence-electron chi connectivity index (χ0n) is 11.4. The van der Waals surface area contributed by atoms with Gasteiger partial charge in [-0.1, -0.05) is 0 Å². The molecule has 6 nitrogen and oxygen atoms in total. The summed E-state index contributed by atoms with van der Waals surface area (Å²) in [5.74, 6) is 0.436. The molecule has 0 radical (unpaired) electrons. The number of hydrogen-bond donors (Lipinski definition) is 0. The minimum Gasteiger partial charge on any atom is -0.495 e. The highest BCUT2D eigenvalue weighted by Crippen LogP contribution is 2.20. The van der Waals surface area contributed by atoms with Crippen LogP contribution in [0.4, 0.5) is 8.78 Å². The van der Waals surface area contributed by atoms with Crippen LogP contribution in [0.3, 0.4) is 0 Å². The first-order valence-corrected chi connectivity index (χ1v) is 7.79. The SMILES string of the molecule is COc1ccc(S(=O)(=O)N2CCOC(C(F)F)CC2)nc1.